The lowest BCUT2D eigenvalue weighted by Crippen LogP contribution is -2.50. The van der Waals surface area contributed by atoms with E-state index in [4.69, 9.17) is 14.2 Å². The fraction of sp³-hybridized carbons (Fsp3) is 0.600. The lowest BCUT2D eigenvalue weighted by Gasteiger charge is -2.24. The first-order valence-corrected chi connectivity index (χ1v) is 10.6. The molecule has 5 rings (SSSR count). The molecule has 30 heavy (non-hydrogen) atoms. The molecule has 10 heteroatoms. The second-order valence-corrected chi connectivity index (χ2v) is 8.04. The van der Waals surface area contributed by atoms with Crippen LogP contribution in [0.5, 0.6) is 11.8 Å². The van der Waals surface area contributed by atoms with Gasteiger partial charge in [0.05, 0.1) is 19.3 Å². The Kier molecular flexibility index (Phi) is 5.50. The molecule has 10 nitrogen and oxygen atoms in total. The van der Waals surface area contributed by atoms with Gasteiger partial charge in [0.15, 0.2) is 0 Å². The first-order chi connectivity index (χ1) is 14.8. The van der Waals surface area contributed by atoms with Gasteiger partial charge in [-0.15, -0.1) is 0 Å². The summed E-state index contributed by atoms with van der Waals surface area (Å²) in [6.07, 6.45) is 5.18. The standard InChI is InChI=1S/C20H26N6O4/c27-19(21-13-7-3-1-4-8-13)22-15-11-28-18-16(12-29-17(15)18)26-20(23-24-25-26)30-14-9-5-2-6-10-14/h2,5-6,9-10,13,15-18H,1,3-4,7-8,11-12H2,(H2,21,22,27). The number of carbonyl (C=O) groups excluding carboxylic acids is 1. The van der Waals surface area contributed by atoms with E-state index in [0.717, 1.165) is 12.8 Å². The zero-order chi connectivity index (χ0) is 20.3. The number of fused-ring (bicyclic) bond motifs is 1. The molecule has 3 heterocycles. The van der Waals surface area contributed by atoms with Crippen LogP contribution in [-0.4, -0.2) is 63.7 Å². The SMILES string of the molecule is O=C(NC1CCCCC1)NC1COC2C1OCC2n1nnnc1Oc1ccccc1. The highest BCUT2D eigenvalue weighted by Gasteiger charge is 2.50. The summed E-state index contributed by atoms with van der Waals surface area (Å²) in [5.74, 6) is 0.648. The quantitative estimate of drug-likeness (QED) is 0.767. The molecule has 2 aromatic rings. The first-order valence-electron chi connectivity index (χ1n) is 10.6. The number of ether oxygens (including phenoxy) is 3. The lowest BCUT2D eigenvalue weighted by molar-refractivity contribution is 0.0613. The van der Waals surface area contributed by atoms with E-state index in [1.165, 1.54) is 19.3 Å². The van der Waals surface area contributed by atoms with E-state index >= 15 is 0 Å². The van der Waals surface area contributed by atoms with Crippen molar-refractivity contribution in [3.8, 4) is 11.8 Å². The van der Waals surface area contributed by atoms with Crippen molar-refractivity contribution < 1.29 is 19.0 Å². The number of hydrogen-bond donors (Lipinski definition) is 2. The van der Waals surface area contributed by atoms with Crippen molar-refractivity contribution in [3.63, 3.8) is 0 Å². The maximum atomic E-state index is 12.4. The second-order valence-electron chi connectivity index (χ2n) is 8.04. The van der Waals surface area contributed by atoms with Gasteiger partial charge in [0.25, 0.3) is 0 Å². The van der Waals surface area contributed by atoms with Gasteiger partial charge in [-0.1, -0.05) is 42.6 Å². The number of amides is 2. The topological polar surface area (TPSA) is 112 Å². The van der Waals surface area contributed by atoms with Crippen LogP contribution >= 0.6 is 0 Å². The summed E-state index contributed by atoms with van der Waals surface area (Å²) in [7, 11) is 0. The van der Waals surface area contributed by atoms with Crippen molar-refractivity contribution in [1.29, 1.82) is 0 Å². The Balaban J connectivity index is 1.21. The number of aromatic nitrogens is 4. The van der Waals surface area contributed by atoms with Gasteiger partial charge < -0.3 is 24.8 Å². The highest BCUT2D eigenvalue weighted by Crippen LogP contribution is 2.36. The number of benzene rings is 1. The van der Waals surface area contributed by atoms with Gasteiger partial charge in [-0.05, 0) is 35.4 Å². The molecule has 1 aromatic carbocycles. The zero-order valence-corrected chi connectivity index (χ0v) is 16.6. The van der Waals surface area contributed by atoms with E-state index < -0.39 is 0 Å². The summed E-state index contributed by atoms with van der Waals surface area (Å²) in [5.41, 5.74) is 0. The van der Waals surface area contributed by atoms with Crippen molar-refractivity contribution in [3.05, 3.63) is 30.3 Å². The van der Waals surface area contributed by atoms with Crippen LogP contribution in [0.1, 0.15) is 38.1 Å². The number of hydrogen-bond acceptors (Lipinski definition) is 7. The summed E-state index contributed by atoms with van der Waals surface area (Å²) < 4.78 is 19.4. The van der Waals surface area contributed by atoms with E-state index in [9.17, 15) is 4.79 Å². The van der Waals surface area contributed by atoms with E-state index in [1.54, 1.807) is 4.68 Å². The molecule has 2 amide bonds. The van der Waals surface area contributed by atoms with Crippen LogP contribution in [0, 0.1) is 0 Å². The van der Waals surface area contributed by atoms with Gasteiger partial charge in [0.2, 0.25) is 0 Å². The summed E-state index contributed by atoms with van der Waals surface area (Å²) >= 11 is 0. The number of nitrogens with one attached hydrogen (secondary N) is 2. The van der Waals surface area contributed by atoms with Gasteiger partial charge in [-0.25, -0.2) is 4.79 Å². The number of tetrazole rings is 1. The third-order valence-electron chi connectivity index (χ3n) is 6.01. The Morgan fingerprint density at radius 2 is 1.83 bits per heavy atom. The number of para-hydroxylation sites is 1. The molecule has 2 saturated heterocycles. The Morgan fingerprint density at radius 1 is 1.03 bits per heavy atom. The molecule has 4 unspecified atom stereocenters. The molecule has 0 spiro atoms. The van der Waals surface area contributed by atoms with Crippen LogP contribution in [-0.2, 0) is 9.47 Å². The minimum absolute atomic E-state index is 0.154. The summed E-state index contributed by atoms with van der Waals surface area (Å²) in [5, 5.41) is 17.9. The van der Waals surface area contributed by atoms with Crippen molar-refractivity contribution >= 4 is 6.03 Å². The third-order valence-corrected chi connectivity index (χ3v) is 6.01. The summed E-state index contributed by atoms with van der Waals surface area (Å²) in [6, 6.07) is 9.30. The predicted molar refractivity (Wildman–Crippen MR) is 105 cm³/mol. The number of rotatable bonds is 5. The third kappa shape index (κ3) is 3.97. The van der Waals surface area contributed by atoms with Gasteiger partial charge in [0, 0.05) is 6.04 Å². The summed E-state index contributed by atoms with van der Waals surface area (Å²) in [6.45, 7) is 0.773. The smallest absolute Gasteiger partial charge is 0.341 e. The fourth-order valence-electron chi connectivity index (χ4n) is 4.51. The van der Waals surface area contributed by atoms with Gasteiger partial charge >= 0.3 is 12.0 Å². The van der Waals surface area contributed by atoms with E-state index in [0.29, 0.717) is 19.0 Å². The Bertz CT molecular complexity index is 856. The molecule has 1 aliphatic carbocycles. The molecule has 1 saturated carbocycles. The number of carbonyl (C=O) groups is 1. The van der Waals surface area contributed by atoms with Crippen LogP contribution in [0.3, 0.4) is 0 Å². The largest absolute Gasteiger partial charge is 0.423 e. The van der Waals surface area contributed by atoms with Crippen molar-refractivity contribution in [2.24, 2.45) is 0 Å². The molecule has 2 aliphatic heterocycles. The minimum Gasteiger partial charge on any atom is -0.423 e. The van der Waals surface area contributed by atoms with Crippen LogP contribution in [0.4, 0.5) is 4.79 Å². The maximum Gasteiger partial charge on any atom is 0.341 e. The highest BCUT2D eigenvalue weighted by molar-refractivity contribution is 5.74. The first kappa shape index (κ1) is 19.3. The minimum atomic E-state index is -0.258. The van der Waals surface area contributed by atoms with Gasteiger partial charge in [-0.3, -0.25) is 0 Å². The molecule has 0 bridgehead atoms. The Hall–Kier alpha value is -2.72. The van der Waals surface area contributed by atoms with E-state index in [-0.39, 0.29) is 42.4 Å². The second kappa shape index (κ2) is 8.57. The van der Waals surface area contributed by atoms with E-state index in [2.05, 4.69) is 26.2 Å². The van der Waals surface area contributed by atoms with Crippen LogP contribution < -0.4 is 15.4 Å². The highest BCUT2D eigenvalue weighted by atomic mass is 16.6. The van der Waals surface area contributed by atoms with Gasteiger partial charge in [0.1, 0.15) is 24.0 Å². The summed E-state index contributed by atoms with van der Waals surface area (Å²) in [4.78, 5) is 12.4. The van der Waals surface area contributed by atoms with Crippen molar-refractivity contribution in [2.75, 3.05) is 13.2 Å². The van der Waals surface area contributed by atoms with Crippen LogP contribution in [0.15, 0.2) is 30.3 Å². The average Bonchev–Trinajstić information content (AvgIpc) is 3.47. The molecule has 0 radical (unpaired) electrons. The van der Waals surface area contributed by atoms with Crippen molar-refractivity contribution in [2.45, 2.75) is 62.4 Å². The lowest BCUT2D eigenvalue weighted by atomic mass is 9.96. The number of urea groups is 1. The molecule has 3 aliphatic rings. The Labute approximate surface area is 174 Å². The van der Waals surface area contributed by atoms with Crippen LogP contribution in [0.2, 0.25) is 0 Å². The predicted octanol–water partition coefficient (Wildman–Crippen LogP) is 1.80. The molecular formula is C20H26N6O4. The monoisotopic (exact) mass is 414 g/mol. The maximum absolute atomic E-state index is 12.4. The molecule has 160 valence electrons. The Morgan fingerprint density at radius 3 is 2.67 bits per heavy atom. The van der Waals surface area contributed by atoms with E-state index in [1.807, 2.05) is 30.3 Å². The average molecular weight is 414 g/mol. The molecular weight excluding hydrogens is 388 g/mol. The molecule has 2 N–H and O–H groups in total. The van der Waals surface area contributed by atoms with Crippen molar-refractivity contribution in [1.82, 2.24) is 30.8 Å². The molecule has 1 aromatic heterocycles. The van der Waals surface area contributed by atoms with Gasteiger partial charge in [-0.2, -0.15) is 4.68 Å². The van der Waals surface area contributed by atoms with Crippen LogP contribution in [0.25, 0.3) is 0 Å². The number of nitrogens with zero attached hydrogens (tertiary/aromatic N) is 4. The normalized spacial score (nSPS) is 28.8. The molecule has 3 fully saturated rings. The zero-order valence-electron chi connectivity index (χ0n) is 16.6. The fourth-order valence-corrected chi connectivity index (χ4v) is 4.51. The molecule has 4 atom stereocenters.